The quantitative estimate of drug-likeness (QED) is 0.0261. The van der Waals surface area contributed by atoms with E-state index in [4.69, 9.17) is 9.47 Å². The number of carbonyl (C=O) groups excluding carboxylic acids is 1. The number of nitrogens with one attached hydrogen (secondary N) is 1. The average Bonchev–Trinajstić information content (AvgIpc) is 3.31. The molecule has 9 heteroatoms. The molecule has 0 aromatic heterocycles. The largest absolute Gasteiger partial charge is 0.394 e. The Balaban J connectivity index is 2.23. The molecule has 0 saturated carbocycles. The van der Waals surface area contributed by atoms with Gasteiger partial charge < -0.3 is 40.3 Å². The van der Waals surface area contributed by atoms with E-state index in [1.165, 1.54) is 186 Å². The number of aliphatic hydroxyl groups is 5. The molecule has 7 atom stereocenters. The van der Waals surface area contributed by atoms with E-state index in [0.29, 0.717) is 6.42 Å². The lowest BCUT2D eigenvalue weighted by Crippen LogP contribution is -2.60. The summed E-state index contributed by atoms with van der Waals surface area (Å²) in [6.45, 7) is 3.77. The molecule has 1 fully saturated rings. The summed E-state index contributed by atoms with van der Waals surface area (Å²) in [7, 11) is 0. The number of hydrogen-bond donors (Lipinski definition) is 6. The van der Waals surface area contributed by atoms with Crippen molar-refractivity contribution in [3.63, 3.8) is 0 Å². The number of aliphatic hydroxyl groups excluding tert-OH is 5. The molecule has 382 valence electrons. The Labute approximate surface area is 400 Å². The number of allylic oxidation sites excluding steroid dienone is 5. The van der Waals surface area contributed by atoms with Crippen molar-refractivity contribution in [2.45, 2.75) is 301 Å². The van der Waals surface area contributed by atoms with E-state index in [2.05, 4.69) is 43.5 Å². The minimum atomic E-state index is -1.57. The first-order valence-corrected chi connectivity index (χ1v) is 27.7. The molecule has 9 nitrogen and oxygen atoms in total. The summed E-state index contributed by atoms with van der Waals surface area (Å²) < 4.78 is 11.2. The van der Waals surface area contributed by atoms with Gasteiger partial charge in [-0.1, -0.05) is 243 Å². The van der Waals surface area contributed by atoms with Gasteiger partial charge in [-0.05, 0) is 44.9 Å². The standard InChI is InChI=1S/C56H105NO8/c1-3-5-7-9-11-13-15-17-19-21-22-23-24-25-26-27-28-29-30-32-34-36-38-40-42-44-46-52(60)57-49(48-64-56-55(63)54(62)53(61)51(47-58)65-56)50(59)45-43-41-39-37-35-33-31-20-18-16-14-12-10-8-6-4-2/h18,20,35,37,43,45,49-51,53-56,58-59,61-63H,3-17,19,21-34,36,38-42,44,46-48H2,1-2H3,(H,57,60)/b20-18+,37-35+,45-43+. The van der Waals surface area contributed by atoms with E-state index in [0.717, 1.165) is 51.4 Å². The van der Waals surface area contributed by atoms with Crippen LogP contribution in [0.15, 0.2) is 36.5 Å². The van der Waals surface area contributed by atoms with Gasteiger partial charge in [-0.25, -0.2) is 0 Å². The SMILES string of the molecule is CCCCCCCC/C=C/CC/C=C/CC/C=C/C(O)C(COC1OC(CO)C(O)C(O)C1O)NC(=O)CCCCCCCCCCCCCCCCCCCCCCCCCCCC. The molecule has 1 amide bonds. The van der Waals surface area contributed by atoms with Gasteiger partial charge in [-0.15, -0.1) is 0 Å². The average molecular weight is 920 g/mol. The molecule has 0 aliphatic carbocycles. The highest BCUT2D eigenvalue weighted by Gasteiger charge is 2.44. The maximum Gasteiger partial charge on any atom is 0.220 e. The second kappa shape index (κ2) is 46.2. The van der Waals surface area contributed by atoms with Crippen molar-refractivity contribution in [1.82, 2.24) is 5.32 Å². The zero-order chi connectivity index (χ0) is 47.3. The van der Waals surface area contributed by atoms with E-state index >= 15 is 0 Å². The van der Waals surface area contributed by atoms with Gasteiger partial charge in [0.05, 0.1) is 25.4 Å². The highest BCUT2D eigenvalue weighted by molar-refractivity contribution is 5.76. The van der Waals surface area contributed by atoms with Crippen LogP contribution >= 0.6 is 0 Å². The van der Waals surface area contributed by atoms with Crippen LogP contribution in [0.25, 0.3) is 0 Å². The number of hydrogen-bond acceptors (Lipinski definition) is 8. The minimum absolute atomic E-state index is 0.187. The molecule has 1 aliphatic rings. The van der Waals surface area contributed by atoms with Crippen LogP contribution in [-0.2, 0) is 14.3 Å². The minimum Gasteiger partial charge on any atom is -0.394 e. The van der Waals surface area contributed by atoms with Crippen LogP contribution in [0.3, 0.4) is 0 Å². The Morgan fingerprint density at radius 1 is 0.508 bits per heavy atom. The zero-order valence-electron chi connectivity index (χ0n) is 42.3. The van der Waals surface area contributed by atoms with Crippen molar-refractivity contribution in [2.75, 3.05) is 13.2 Å². The second-order valence-electron chi connectivity index (χ2n) is 19.4. The number of ether oxygens (including phenoxy) is 2. The topological polar surface area (TPSA) is 149 Å². The van der Waals surface area contributed by atoms with Crippen molar-refractivity contribution in [1.29, 1.82) is 0 Å². The predicted octanol–water partition coefficient (Wildman–Crippen LogP) is 13.2. The molecule has 0 aromatic carbocycles. The van der Waals surface area contributed by atoms with Crippen molar-refractivity contribution >= 4 is 5.91 Å². The van der Waals surface area contributed by atoms with Crippen LogP contribution in [0.1, 0.15) is 258 Å². The fraction of sp³-hybridized carbons (Fsp3) is 0.875. The molecule has 0 radical (unpaired) electrons. The summed E-state index contributed by atoms with van der Waals surface area (Å²) in [4.78, 5) is 13.0. The summed E-state index contributed by atoms with van der Waals surface area (Å²) in [6, 6.07) is -0.825. The third kappa shape index (κ3) is 36.1. The van der Waals surface area contributed by atoms with Crippen LogP contribution < -0.4 is 5.32 Å². The number of carbonyl (C=O) groups is 1. The smallest absolute Gasteiger partial charge is 0.220 e. The van der Waals surface area contributed by atoms with Crippen molar-refractivity contribution < 1.29 is 39.8 Å². The van der Waals surface area contributed by atoms with E-state index in [9.17, 15) is 30.3 Å². The van der Waals surface area contributed by atoms with E-state index in [1.54, 1.807) is 6.08 Å². The van der Waals surface area contributed by atoms with Gasteiger partial charge in [0.1, 0.15) is 24.4 Å². The molecular weight excluding hydrogens is 815 g/mol. The Bertz CT molecular complexity index is 1110. The highest BCUT2D eigenvalue weighted by Crippen LogP contribution is 2.23. The highest BCUT2D eigenvalue weighted by atomic mass is 16.7. The Morgan fingerprint density at radius 2 is 0.877 bits per heavy atom. The van der Waals surface area contributed by atoms with Crippen LogP contribution in [0.4, 0.5) is 0 Å². The molecular formula is C56H105NO8. The molecule has 6 N–H and O–H groups in total. The molecule has 1 aliphatic heterocycles. The Morgan fingerprint density at radius 3 is 1.29 bits per heavy atom. The fourth-order valence-electron chi connectivity index (χ4n) is 8.78. The fourth-order valence-corrected chi connectivity index (χ4v) is 8.78. The van der Waals surface area contributed by atoms with Crippen molar-refractivity contribution in [3.05, 3.63) is 36.5 Å². The van der Waals surface area contributed by atoms with Gasteiger partial charge in [0, 0.05) is 6.42 Å². The van der Waals surface area contributed by atoms with E-state index in [-0.39, 0.29) is 12.5 Å². The van der Waals surface area contributed by atoms with Crippen LogP contribution in [0.5, 0.6) is 0 Å². The zero-order valence-corrected chi connectivity index (χ0v) is 42.3. The van der Waals surface area contributed by atoms with Gasteiger partial charge in [-0.3, -0.25) is 4.79 Å². The first kappa shape index (κ1) is 61.4. The molecule has 0 aromatic rings. The number of amides is 1. The normalized spacial score (nSPS) is 20.1. The molecule has 65 heavy (non-hydrogen) atoms. The van der Waals surface area contributed by atoms with E-state index in [1.807, 2.05) is 6.08 Å². The number of rotatable bonds is 47. The van der Waals surface area contributed by atoms with E-state index < -0.39 is 49.5 Å². The van der Waals surface area contributed by atoms with Gasteiger partial charge in [-0.2, -0.15) is 0 Å². The maximum absolute atomic E-state index is 13.0. The lowest BCUT2D eigenvalue weighted by molar-refractivity contribution is -0.302. The molecule has 1 rings (SSSR count). The first-order valence-electron chi connectivity index (χ1n) is 27.7. The lowest BCUT2D eigenvalue weighted by Gasteiger charge is -2.40. The summed E-state index contributed by atoms with van der Waals surface area (Å²) in [5.41, 5.74) is 0. The second-order valence-corrected chi connectivity index (χ2v) is 19.4. The Kier molecular flexibility index (Phi) is 43.6. The van der Waals surface area contributed by atoms with Crippen LogP contribution in [0.2, 0.25) is 0 Å². The van der Waals surface area contributed by atoms with Crippen molar-refractivity contribution in [2.24, 2.45) is 0 Å². The molecule has 0 spiro atoms. The summed E-state index contributed by atoms with van der Waals surface area (Å²) >= 11 is 0. The van der Waals surface area contributed by atoms with Gasteiger partial charge in [0.15, 0.2) is 6.29 Å². The molecule has 0 bridgehead atoms. The van der Waals surface area contributed by atoms with Crippen LogP contribution in [-0.4, -0.2) is 87.5 Å². The monoisotopic (exact) mass is 920 g/mol. The number of unbranched alkanes of at least 4 members (excludes halogenated alkanes) is 33. The van der Waals surface area contributed by atoms with Crippen molar-refractivity contribution in [3.8, 4) is 0 Å². The third-order valence-electron chi connectivity index (χ3n) is 13.2. The molecule has 1 heterocycles. The first-order chi connectivity index (χ1) is 31.8. The lowest BCUT2D eigenvalue weighted by atomic mass is 9.99. The Hall–Kier alpha value is -1.59. The maximum atomic E-state index is 13.0. The van der Waals surface area contributed by atoms with Gasteiger partial charge in [0.25, 0.3) is 0 Å². The van der Waals surface area contributed by atoms with Crippen LogP contribution in [0, 0.1) is 0 Å². The summed E-state index contributed by atoms with van der Waals surface area (Å²) in [6.07, 6.45) is 52.1. The van der Waals surface area contributed by atoms with Gasteiger partial charge in [0.2, 0.25) is 5.91 Å². The third-order valence-corrected chi connectivity index (χ3v) is 13.2. The summed E-state index contributed by atoms with van der Waals surface area (Å²) in [5, 5.41) is 54.4. The van der Waals surface area contributed by atoms with Gasteiger partial charge >= 0.3 is 0 Å². The predicted molar refractivity (Wildman–Crippen MR) is 272 cm³/mol. The molecule has 7 unspecified atom stereocenters. The summed E-state index contributed by atoms with van der Waals surface area (Å²) in [5.74, 6) is -0.187. The molecule has 1 saturated heterocycles.